The fourth-order valence-electron chi connectivity index (χ4n) is 1.25. The summed E-state index contributed by atoms with van der Waals surface area (Å²) in [5, 5.41) is 8.97. The number of hydrogen-bond donors (Lipinski definition) is 1. The van der Waals surface area contributed by atoms with Crippen molar-refractivity contribution in [3.63, 3.8) is 0 Å². The van der Waals surface area contributed by atoms with E-state index in [1.807, 2.05) is 0 Å². The highest BCUT2D eigenvalue weighted by atomic mass is 79.9. The molecule has 0 spiro atoms. The molecule has 0 unspecified atom stereocenters. The first-order chi connectivity index (χ1) is 7.89. The molecule has 0 amide bonds. The van der Waals surface area contributed by atoms with E-state index in [9.17, 15) is 30.7 Å². The van der Waals surface area contributed by atoms with Crippen LogP contribution in [0.2, 0.25) is 0 Å². The largest absolute Gasteiger partial charge is 0.430 e. The first-order valence-corrected chi connectivity index (χ1v) is 5.01. The maximum atomic E-state index is 12.9. The zero-order chi connectivity index (χ0) is 14.4. The second-order valence-electron chi connectivity index (χ2n) is 3.36. The quantitative estimate of drug-likeness (QED) is 0.769. The number of benzene rings is 1. The van der Waals surface area contributed by atoms with Gasteiger partial charge in [-0.25, -0.2) is 4.39 Å². The third-order valence-electron chi connectivity index (χ3n) is 2.10. The van der Waals surface area contributed by atoms with Gasteiger partial charge in [-0.05, 0) is 18.2 Å². The lowest BCUT2D eigenvalue weighted by Crippen LogP contribution is -2.54. The van der Waals surface area contributed by atoms with Gasteiger partial charge in [0, 0.05) is 10.0 Å². The van der Waals surface area contributed by atoms with Crippen molar-refractivity contribution in [2.45, 2.75) is 18.0 Å². The van der Waals surface area contributed by atoms with Crippen molar-refractivity contribution in [1.29, 1.82) is 0 Å². The first-order valence-electron chi connectivity index (χ1n) is 4.22. The average Bonchev–Trinajstić information content (AvgIpc) is 2.11. The Kier molecular flexibility index (Phi) is 3.70. The molecule has 0 heterocycles. The average molecular weight is 341 g/mol. The van der Waals surface area contributed by atoms with E-state index in [2.05, 4.69) is 15.9 Å². The van der Waals surface area contributed by atoms with Crippen LogP contribution in [0.15, 0.2) is 22.7 Å². The minimum atomic E-state index is -6.03. The van der Waals surface area contributed by atoms with Gasteiger partial charge in [-0.15, -0.1) is 0 Å². The van der Waals surface area contributed by atoms with Crippen LogP contribution in [0.1, 0.15) is 5.56 Å². The van der Waals surface area contributed by atoms with E-state index < -0.39 is 29.3 Å². The van der Waals surface area contributed by atoms with Crippen molar-refractivity contribution in [2.75, 3.05) is 0 Å². The van der Waals surface area contributed by atoms with Crippen LogP contribution in [0.25, 0.3) is 0 Å². The molecule has 9 heteroatoms. The van der Waals surface area contributed by atoms with E-state index in [0.717, 1.165) is 0 Å². The second-order valence-corrected chi connectivity index (χ2v) is 4.28. The molecule has 1 N–H and O–H groups in total. The lowest BCUT2D eigenvalue weighted by Gasteiger charge is -2.32. The highest BCUT2D eigenvalue weighted by Gasteiger charge is 2.71. The number of alkyl halides is 6. The van der Waals surface area contributed by atoms with Gasteiger partial charge in [-0.2, -0.15) is 26.3 Å². The molecule has 102 valence electrons. The summed E-state index contributed by atoms with van der Waals surface area (Å²) in [6.07, 6.45) is -12.1. The van der Waals surface area contributed by atoms with Gasteiger partial charge in [-0.1, -0.05) is 15.9 Å². The molecule has 0 aliphatic carbocycles. The molecule has 0 radical (unpaired) electrons. The molecule has 0 atom stereocenters. The van der Waals surface area contributed by atoms with E-state index in [1.54, 1.807) is 0 Å². The normalized spacial score (nSPS) is 13.8. The van der Waals surface area contributed by atoms with E-state index >= 15 is 0 Å². The minimum absolute atomic E-state index is 0.0221. The van der Waals surface area contributed by atoms with Crippen LogP contribution < -0.4 is 0 Å². The predicted octanol–water partition coefficient (Wildman–Crippen LogP) is 3.90. The number of halogens is 8. The van der Waals surface area contributed by atoms with Crippen LogP contribution in [0.4, 0.5) is 30.7 Å². The van der Waals surface area contributed by atoms with Crippen LogP contribution in [0.3, 0.4) is 0 Å². The summed E-state index contributed by atoms with van der Waals surface area (Å²) in [5.74, 6) is -1.34. The van der Waals surface area contributed by atoms with Gasteiger partial charge < -0.3 is 5.11 Å². The Balaban J connectivity index is 3.55. The first kappa shape index (κ1) is 15.2. The highest BCUT2D eigenvalue weighted by molar-refractivity contribution is 9.10. The molecular formula is C9H4BrF7O. The molecule has 0 aromatic heterocycles. The summed E-state index contributed by atoms with van der Waals surface area (Å²) in [4.78, 5) is 0. The molecule has 0 fully saturated rings. The van der Waals surface area contributed by atoms with Crippen LogP contribution in [0.5, 0.6) is 0 Å². The summed E-state index contributed by atoms with van der Waals surface area (Å²) in [7, 11) is 0. The summed E-state index contributed by atoms with van der Waals surface area (Å²) in [6.45, 7) is 0. The third-order valence-corrected chi connectivity index (χ3v) is 2.56. The van der Waals surface area contributed by atoms with Crippen LogP contribution in [-0.2, 0) is 5.60 Å². The molecule has 1 rings (SSSR count). The van der Waals surface area contributed by atoms with Crippen molar-refractivity contribution in [3.05, 3.63) is 34.1 Å². The van der Waals surface area contributed by atoms with Crippen LogP contribution in [0, 0.1) is 5.82 Å². The second kappa shape index (κ2) is 4.37. The molecule has 0 saturated carbocycles. The Morgan fingerprint density at radius 3 is 1.67 bits per heavy atom. The van der Waals surface area contributed by atoms with Crippen LogP contribution in [-0.4, -0.2) is 17.5 Å². The van der Waals surface area contributed by atoms with Gasteiger partial charge in [0.2, 0.25) is 0 Å². The predicted molar refractivity (Wildman–Crippen MR) is 50.1 cm³/mol. The molecule has 1 nitrogen and oxygen atoms in total. The standard InChI is InChI=1S/C9H4BrF7O/c10-5-1-4(2-6(11)3-5)7(18,8(12,13)14)9(15,16)17/h1-3,18H. The van der Waals surface area contributed by atoms with E-state index in [1.165, 1.54) is 0 Å². The lowest BCUT2D eigenvalue weighted by atomic mass is 9.92. The Morgan fingerprint density at radius 2 is 1.33 bits per heavy atom. The van der Waals surface area contributed by atoms with Crippen molar-refractivity contribution in [2.24, 2.45) is 0 Å². The Morgan fingerprint density at radius 1 is 0.889 bits per heavy atom. The SMILES string of the molecule is OC(c1cc(F)cc(Br)c1)(C(F)(F)F)C(F)(F)F. The summed E-state index contributed by atoms with van der Waals surface area (Å²) >= 11 is 2.55. The maximum absolute atomic E-state index is 12.9. The van der Waals surface area contributed by atoms with Crippen molar-refractivity contribution < 1.29 is 35.8 Å². The highest BCUT2D eigenvalue weighted by Crippen LogP contribution is 2.50. The molecule has 0 aliphatic heterocycles. The minimum Gasteiger partial charge on any atom is -0.369 e. The smallest absolute Gasteiger partial charge is 0.369 e. The molecule has 0 aliphatic rings. The lowest BCUT2D eigenvalue weighted by molar-refractivity contribution is -0.376. The molecule has 0 bridgehead atoms. The Hall–Kier alpha value is -0.830. The van der Waals surface area contributed by atoms with E-state index in [-0.39, 0.29) is 10.5 Å². The fourth-order valence-corrected chi connectivity index (χ4v) is 1.72. The van der Waals surface area contributed by atoms with Crippen LogP contribution >= 0.6 is 15.9 Å². The Labute approximate surface area is 104 Å². The van der Waals surface area contributed by atoms with E-state index in [0.29, 0.717) is 12.1 Å². The molecule has 1 aromatic rings. The fraction of sp³-hybridized carbons (Fsp3) is 0.333. The third kappa shape index (κ3) is 2.46. The molecular weight excluding hydrogens is 337 g/mol. The number of rotatable bonds is 1. The summed E-state index contributed by atoms with van der Waals surface area (Å²) in [6, 6.07) is 0.993. The van der Waals surface area contributed by atoms with Gasteiger partial charge in [0.1, 0.15) is 5.82 Å². The van der Waals surface area contributed by atoms with Gasteiger partial charge in [0.05, 0.1) is 0 Å². The van der Waals surface area contributed by atoms with Crippen molar-refractivity contribution >= 4 is 15.9 Å². The number of aliphatic hydroxyl groups is 1. The zero-order valence-corrected chi connectivity index (χ0v) is 9.79. The van der Waals surface area contributed by atoms with Crippen molar-refractivity contribution in [1.82, 2.24) is 0 Å². The van der Waals surface area contributed by atoms with Gasteiger partial charge in [0.15, 0.2) is 0 Å². The molecule has 0 saturated heterocycles. The summed E-state index contributed by atoms with van der Waals surface area (Å²) in [5.41, 5.74) is -6.76. The van der Waals surface area contributed by atoms with Gasteiger partial charge >= 0.3 is 12.4 Å². The monoisotopic (exact) mass is 340 g/mol. The van der Waals surface area contributed by atoms with Gasteiger partial charge in [-0.3, -0.25) is 0 Å². The van der Waals surface area contributed by atoms with Crippen molar-refractivity contribution in [3.8, 4) is 0 Å². The maximum Gasteiger partial charge on any atom is 0.430 e. The topological polar surface area (TPSA) is 20.2 Å². The number of hydrogen-bond acceptors (Lipinski definition) is 1. The summed E-state index contributed by atoms with van der Waals surface area (Å²) < 4.78 is 87.2. The van der Waals surface area contributed by atoms with Gasteiger partial charge in [0.25, 0.3) is 5.60 Å². The molecule has 1 aromatic carbocycles. The molecule has 18 heavy (non-hydrogen) atoms. The zero-order valence-electron chi connectivity index (χ0n) is 8.20. The van der Waals surface area contributed by atoms with E-state index in [4.69, 9.17) is 5.11 Å². The Bertz CT molecular complexity index is 417.